The molecule has 1 fully saturated rings. The summed E-state index contributed by atoms with van der Waals surface area (Å²) in [7, 11) is 3.15. The number of hydrogen-bond donors (Lipinski definition) is 0. The minimum atomic E-state index is 0.0440. The Balaban J connectivity index is 1.31. The van der Waals surface area contributed by atoms with Crippen molar-refractivity contribution < 1.29 is 18.7 Å². The Labute approximate surface area is 195 Å². The molecule has 32 heavy (non-hydrogen) atoms. The maximum atomic E-state index is 12.7. The van der Waals surface area contributed by atoms with Crippen LogP contribution < -0.4 is 14.4 Å². The van der Waals surface area contributed by atoms with E-state index >= 15 is 0 Å². The van der Waals surface area contributed by atoms with Crippen molar-refractivity contribution in [2.75, 3.05) is 51.1 Å². The first kappa shape index (κ1) is 22.3. The lowest BCUT2D eigenvalue weighted by Gasteiger charge is -2.36. The monoisotopic (exact) mass is 474 g/mol. The number of methoxy groups -OCH3 is 2. The largest absolute Gasteiger partial charge is 0.497 e. The zero-order valence-electron chi connectivity index (χ0n) is 17.8. The normalized spacial score (nSPS) is 13.8. The van der Waals surface area contributed by atoms with E-state index < -0.39 is 0 Å². The average molecular weight is 475 g/mol. The lowest BCUT2D eigenvalue weighted by Crippen LogP contribution is -2.49. The van der Waals surface area contributed by atoms with E-state index in [9.17, 15) is 4.79 Å². The van der Waals surface area contributed by atoms with E-state index in [0.29, 0.717) is 46.3 Å². The van der Waals surface area contributed by atoms with E-state index in [4.69, 9.17) is 25.5 Å². The molecule has 0 N–H and O–H groups in total. The third-order valence-corrected chi connectivity index (χ3v) is 6.21. The molecule has 168 valence electrons. The molecular weight excluding hydrogens is 452 g/mol. The van der Waals surface area contributed by atoms with Gasteiger partial charge in [0.1, 0.15) is 11.5 Å². The summed E-state index contributed by atoms with van der Waals surface area (Å²) in [6.45, 7) is 2.84. The van der Waals surface area contributed by atoms with Crippen molar-refractivity contribution in [1.82, 2.24) is 15.1 Å². The number of benzene rings is 2. The number of thioether (sulfide) groups is 1. The number of carbonyl (C=O) groups is 1. The molecule has 0 atom stereocenters. The zero-order valence-corrected chi connectivity index (χ0v) is 19.4. The van der Waals surface area contributed by atoms with E-state index in [1.165, 1.54) is 11.8 Å². The first-order chi connectivity index (χ1) is 15.6. The predicted octanol–water partition coefficient (Wildman–Crippen LogP) is 3.85. The number of ether oxygens (including phenoxy) is 2. The van der Waals surface area contributed by atoms with Gasteiger partial charge in [-0.3, -0.25) is 4.79 Å². The van der Waals surface area contributed by atoms with E-state index in [2.05, 4.69) is 15.1 Å². The van der Waals surface area contributed by atoms with Gasteiger partial charge in [0.05, 0.1) is 25.5 Å². The van der Waals surface area contributed by atoms with Crippen LogP contribution in [0.1, 0.15) is 0 Å². The van der Waals surface area contributed by atoms with Gasteiger partial charge in [0.15, 0.2) is 0 Å². The lowest BCUT2D eigenvalue weighted by molar-refractivity contribution is -0.128. The van der Waals surface area contributed by atoms with E-state index in [0.717, 1.165) is 18.8 Å². The second-order valence-corrected chi connectivity index (χ2v) is 8.44. The van der Waals surface area contributed by atoms with Gasteiger partial charge in [0.25, 0.3) is 11.1 Å². The molecule has 10 heteroatoms. The van der Waals surface area contributed by atoms with E-state index in [1.54, 1.807) is 32.4 Å². The number of rotatable bonds is 7. The molecule has 0 aliphatic carbocycles. The quantitative estimate of drug-likeness (QED) is 0.478. The molecule has 0 unspecified atom stereocenters. The van der Waals surface area contributed by atoms with Gasteiger partial charge in [-0.25, -0.2) is 0 Å². The van der Waals surface area contributed by atoms with Crippen molar-refractivity contribution in [1.29, 1.82) is 0 Å². The van der Waals surface area contributed by atoms with Crippen LogP contribution in [0.25, 0.3) is 11.5 Å². The molecule has 2 aromatic carbocycles. The van der Waals surface area contributed by atoms with Crippen LogP contribution in [-0.4, -0.2) is 67.2 Å². The summed E-state index contributed by atoms with van der Waals surface area (Å²) in [5.41, 5.74) is 1.74. The maximum Gasteiger partial charge on any atom is 0.277 e. The van der Waals surface area contributed by atoms with Crippen molar-refractivity contribution in [2.45, 2.75) is 5.22 Å². The number of amides is 1. The van der Waals surface area contributed by atoms with Crippen LogP contribution in [0, 0.1) is 0 Å². The van der Waals surface area contributed by atoms with Gasteiger partial charge >= 0.3 is 0 Å². The van der Waals surface area contributed by atoms with Gasteiger partial charge in [-0.15, -0.1) is 10.2 Å². The van der Waals surface area contributed by atoms with Crippen molar-refractivity contribution >= 4 is 35.0 Å². The summed E-state index contributed by atoms with van der Waals surface area (Å²) in [5.74, 6) is 1.84. The summed E-state index contributed by atoms with van der Waals surface area (Å²) in [5, 5.41) is 9.20. The predicted molar refractivity (Wildman–Crippen MR) is 124 cm³/mol. The molecule has 0 spiro atoms. The number of nitrogens with zero attached hydrogens (tertiary/aromatic N) is 4. The summed E-state index contributed by atoms with van der Waals surface area (Å²) in [6, 6.07) is 13.1. The first-order valence-corrected chi connectivity index (χ1v) is 11.4. The Morgan fingerprint density at radius 1 is 1.09 bits per heavy atom. The standard InChI is InChI=1S/C22H23ClN4O4S/c1-29-17-6-7-18(19(13-17)30-2)21-24-25-22(31-21)32-14-20(28)27-10-8-26(9-11-27)16-5-3-4-15(23)12-16/h3-7,12-13H,8-11,14H2,1-2H3. The highest BCUT2D eigenvalue weighted by molar-refractivity contribution is 7.99. The highest BCUT2D eigenvalue weighted by atomic mass is 35.5. The number of piperazine rings is 1. The van der Waals surface area contributed by atoms with Gasteiger partial charge in [-0.2, -0.15) is 0 Å². The Hall–Kier alpha value is -2.91. The van der Waals surface area contributed by atoms with Crippen LogP contribution in [0.5, 0.6) is 11.5 Å². The van der Waals surface area contributed by atoms with Crippen LogP contribution in [0.2, 0.25) is 5.02 Å². The summed E-state index contributed by atoms with van der Waals surface area (Å²) >= 11 is 7.32. The molecule has 0 bridgehead atoms. The number of hydrogen-bond acceptors (Lipinski definition) is 8. The fourth-order valence-corrected chi connectivity index (χ4v) is 4.30. The smallest absolute Gasteiger partial charge is 0.277 e. The highest BCUT2D eigenvalue weighted by Crippen LogP contribution is 2.33. The number of anilines is 1. The molecular formula is C22H23ClN4O4S. The Kier molecular flexibility index (Phi) is 7.06. The second-order valence-electron chi connectivity index (χ2n) is 7.08. The summed E-state index contributed by atoms with van der Waals surface area (Å²) in [6.07, 6.45) is 0. The summed E-state index contributed by atoms with van der Waals surface area (Å²) in [4.78, 5) is 16.7. The fourth-order valence-electron chi connectivity index (χ4n) is 3.45. The molecule has 1 aliphatic heterocycles. The van der Waals surface area contributed by atoms with Crippen LogP contribution in [0.4, 0.5) is 5.69 Å². The molecule has 4 rings (SSSR count). The van der Waals surface area contributed by atoms with Crippen molar-refractivity contribution in [2.24, 2.45) is 0 Å². The van der Waals surface area contributed by atoms with Crippen LogP contribution in [0.3, 0.4) is 0 Å². The van der Waals surface area contributed by atoms with Crippen LogP contribution in [0.15, 0.2) is 52.1 Å². The molecule has 0 radical (unpaired) electrons. The molecule has 1 aromatic heterocycles. The second kappa shape index (κ2) is 10.1. The van der Waals surface area contributed by atoms with Crippen molar-refractivity contribution in [3.63, 3.8) is 0 Å². The van der Waals surface area contributed by atoms with Gasteiger partial charge in [-0.1, -0.05) is 29.4 Å². The molecule has 1 saturated heterocycles. The Morgan fingerprint density at radius 3 is 2.62 bits per heavy atom. The Morgan fingerprint density at radius 2 is 1.91 bits per heavy atom. The zero-order chi connectivity index (χ0) is 22.5. The summed E-state index contributed by atoms with van der Waals surface area (Å²) < 4.78 is 16.3. The molecule has 3 aromatic rings. The number of aromatic nitrogens is 2. The molecule has 2 heterocycles. The highest BCUT2D eigenvalue weighted by Gasteiger charge is 2.22. The fraction of sp³-hybridized carbons (Fsp3) is 0.318. The van der Waals surface area contributed by atoms with Gasteiger partial charge in [-0.05, 0) is 30.3 Å². The molecule has 1 aliphatic rings. The average Bonchev–Trinajstić information content (AvgIpc) is 3.31. The van der Waals surface area contributed by atoms with E-state index in [-0.39, 0.29) is 11.7 Å². The number of halogens is 1. The van der Waals surface area contributed by atoms with Gasteiger partial charge in [0.2, 0.25) is 5.91 Å². The van der Waals surface area contributed by atoms with Crippen molar-refractivity contribution in [3.05, 3.63) is 47.5 Å². The molecule has 1 amide bonds. The lowest BCUT2D eigenvalue weighted by atomic mass is 10.2. The molecule has 0 saturated carbocycles. The minimum Gasteiger partial charge on any atom is -0.497 e. The third kappa shape index (κ3) is 5.11. The SMILES string of the molecule is COc1ccc(-c2nnc(SCC(=O)N3CCN(c4cccc(Cl)c4)CC3)o2)c(OC)c1. The van der Waals surface area contributed by atoms with E-state index in [1.807, 2.05) is 29.2 Å². The Bertz CT molecular complexity index is 1090. The van der Waals surface area contributed by atoms with Crippen LogP contribution >= 0.6 is 23.4 Å². The topological polar surface area (TPSA) is 80.9 Å². The first-order valence-electron chi connectivity index (χ1n) is 10.0. The molecule has 8 nitrogen and oxygen atoms in total. The van der Waals surface area contributed by atoms with Crippen molar-refractivity contribution in [3.8, 4) is 23.0 Å². The van der Waals surface area contributed by atoms with Crippen LogP contribution in [-0.2, 0) is 4.79 Å². The van der Waals surface area contributed by atoms with Gasteiger partial charge in [0, 0.05) is 43.0 Å². The minimum absolute atomic E-state index is 0.0440. The maximum absolute atomic E-state index is 12.7. The van der Waals surface area contributed by atoms with Gasteiger partial charge < -0.3 is 23.7 Å². The third-order valence-electron chi connectivity index (χ3n) is 5.17. The number of carbonyl (C=O) groups excluding carboxylic acids is 1.